The van der Waals surface area contributed by atoms with E-state index in [0.29, 0.717) is 31.7 Å². The summed E-state index contributed by atoms with van der Waals surface area (Å²) >= 11 is 0. The fourth-order valence-corrected chi connectivity index (χ4v) is 2.81. The predicted octanol–water partition coefficient (Wildman–Crippen LogP) is 3.43. The van der Waals surface area contributed by atoms with Crippen molar-refractivity contribution in [1.29, 1.82) is 0 Å². The van der Waals surface area contributed by atoms with Gasteiger partial charge in [0, 0.05) is 34.3 Å². The molecule has 0 saturated heterocycles. The van der Waals surface area contributed by atoms with Crippen LogP contribution in [-0.4, -0.2) is 29.8 Å². The zero-order valence-electron chi connectivity index (χ0n) is 14.0. The van der Waals surface area contributed by atoms with E-state index in [4.69, 9.17) is 16.3 Å². The van der Waals surface area contributed by atoms with Gasteiger partial charge in [-0.05, 0) is 31.0 Å². The van der Waals surface area contributed by atoms with Gasteiger partial charge in [0.05, 0.1) is 18.7 Å². The van der Waals surface area contributed by atoms with E-state index in [1.54, 1.807) is 6.20 Å². The SMILES string of the molecule is N/C(=C\N(N)CCOc1ccc2c(c1)[nH]c1ccccc12)CCCF. The second-order valence-corrected chi connectivity index (χ2v) is 5.96. The maximum absolute atomic E-state index is 12.1. The van der Waals surface area contributed by atoms with Gasteiger partial charge in [0.1, 0.15) is 12.4 Å². The minimum atomic E-state index is -0.377. The molecule has 0 unspecified atom stereocenters. The first kappa shape index (κ1) is 17.1. The van der Waals surface area contributed by atoms with Crippen LogP contribution in [-0.2, 0) is 0 Å². The summed E-state index contributed by atoms with van der Waals surface area (Å²) in [4.78, 5) is 3.39. The van der Waals surface area contributed by atoms with Crippen LogP contribution in [0, 0.1) is 0 Å². The van der Waals surface area contributed by atoms with Crippen molar-refractivity contribution in [2.75, 3.05) is 19.8 Å². The van der Waals surface area contributed by atoms with E-state index < -0.39 is 0 Å². The second-order valence-electron chi connectivity index (χ2n) is 5.96. The third kappa shape index (κ3) is 4.22. The number of hydrogen-bond donors (Lipinski definition) is 3. The Morgan fingerprint density at radius 3 is 2.80 bits per heavy atom. The van der Waals surface area contributed by atoms with Gasteiger partial charge in [-0.2, -0.15) is 0 Å². The van der Waals surface area contributed by atoms with Crippen molar-refractivity contribution >= 4 is 21.8 Å². The fourth-order valence-electron chi connectivity index (χ4n) is 2.81. The molecule has 0 amide bonds. The molecule has 5 N–H and O–H groups in total. The molecular weight excluding hydrogens is 319 g/mol. The van der Waals surface area contributed by atoms with Gasteiger partial charge < -0.3 is 20.5 Å². The summed E-state index contributed by atoms with van der Waals surface area (Å²) in [5.41, 5.74) is 8.49. The highest BCUT2D eigenvalue weighted by Gasteiger charge is 2.05. The summed E-state index contributed by atoms with van der Waals surface area (Å²) in [5, 5.41) is 3.84. The van der Waals surface area contributed by atoms with Crippen LogP contribution in [0.1, 0.15) is 12.8 Å². The second kappa shape index (κ2) is 7.90. The van der Waals surface area contributed by atoms with Gasteiger partial charge >= 0.3 is 0 Å². The number of nitrogens with two attached hydrogens (primary N) is 2. The lowest BCUT2D eigenvalue weighted by Gasteiger charge is -2.15. The molecule has 0 atom stereocenters. The largest absolute Gasteiger partial charge is 0.492 e. The molecule has 0 aliphatic carbocycles. The van der Waals surface area contributed by atoms with Gasteiger partial charge in [-0.3, -0.25) is 4.39 Å². The molecule has 3 rings (SSSR count). The number of H-pyrrole nitrogens is 1. The van der Waals surface area contributed by atoms with Crippen molar-refractivity contribution in [1.82, 2.24) is 9.99 Å². The molecule has 25 heavy (non-hydrogen) atoms. The number of rotatable bonds is 8. The van der Waals surface area contributed by atoms with Crippen LogP contribution in [0.15, 0.2) is 54.4 Å². The lowest BCUT2D eigenvalue weighted by Crippen LogP contribution is -2.31. The average Bonchev–Trinajstić information content (AvgIpc) is 2.97. The molecule has 0 fully saturated rings. The van der Waals surface area contributed by atoms with Crippen LogP contribution in [0.4, 0.5) is 4.39 Å². The first-order valence-corrected chi connectivity index (χ1v) is 8.34. The van der Waals surface area contributed by atoms with Crippen molar-refractivity contribution in [3.63, 3.8) is 0 Å². The van der Waals surface area contributed by atoms with Crippen LogP contribution in [0.3, 0.4) is 0 Å². The van der Waals surface area contributed by atoms with Crippen LogP contribution in [0.5, 0.6) is 5.75 Å². The molecule has 0 aliphatic heterocycles. The third-order valence-corrected chi connectivity index (χ3v) is 4.03. The van der Waals surface area contributed by atoms with Crippen molar-refractivity contribution < 1.29 is 9.13 Å². The zero-order valence-corrected chi connectivity index (χ0v) is 14.0. The Bertz CT molecular complexity index is 874. The molecule has 0 saturated carbocycles. The van der Waals surface area contributed by atoms with Gasteiger partial charge in [0.2, 0.25) is 0 Å². The first-order valence-electron chi connectivity index (χ1n) is 8.34. The number of hydrogen-bond acceptors (Lipinski definition) is 4. The number of ether oxygens (including phenoxy) is 1. The van der Waals surface area contributed by atoms with E-state index in [2.05, 4.69) is 23.2 Å². The predicted molar refractivity (Wildman–Crippen MR) is 99.7 cm³/mol. The maximum atomic E-state index is 12.1. The van der Waals surface area contributed by atoms with Crippen molar-refractivity contribution in [2.45, 2.75) is 12.8 Å². The highest BCUT2D eigenvalue weighted by molar-refractivity contribution is 6.07. The monoisotopic (exact) mass is 342 g/mol. The number of alkyl halides is 1. The van der Waals surface area contributed by atoms with Crippen LogP contribution in [0.2, 0.25) is 0 Å². The number of aromatic nitrogens is 1. The Labute approximate surface area is 146 Å². The van der Waals surface area contributed by atoms with E-state index in [1.165, 1.54) is 15.8 Å². The molecule has 132 valence electrons. The lowest BCUT2D eigenvalue weighted by molar-refractivity contribution is 0.256. The van der Waals surface area contributed by atoms with Gasteiger partial charge in [-0.1, -0.05) is 18.2 Å². The first-order chi connectivity index (χ1) is 12.2. The highest BCUT2D eigenvalue weighted by Crippen LogP contribution is 2.28. The van der Waals surface area contributed by atoms with E-state index >= 15 is 0 Å². The molecular formula is C19H23FN4O. The topological polar surface area (TPSA) is 80.3 Å². The standard InChI is InChI=1S/C19H23FN4O/c20-9-3-4-14(21)13-24(22)10-11-25-15-7-8-17-16-5-1-2-6-18(16)23-19(17)12-15/h1-2,5-8,12-13,23H,3-4,9-11,21-22H2/b14-13-. The smallest absolute Gasteiger partial charge is 0.121 e. The zero-order chi connectivity index (χ0) is 17.6. The summed E-state index contributed by atoms with van der Waals surface area (Å²) in [7, 11) is 0. The highest BCUT2D eigenvalue weighted by atomic mass is 19.1. The van der Waals surface area contributed by atoms with Gasteiger partial charge in [0.15, 0.2) is 0 Å². The molecule has 6 heteroatoms. The summed E-state index contributed by atoms with van der Waals surface area (Å²) in [6.07, 6.45) is 2.54. The van der Waals surface area contributed by atoms with Crippen LogP contribution < -0.4 is 16.3 Å². The van der Waals surface area contributed by atoms with Crippen molar-refractivity contribution in [2.24, 2.45) is 11.6 Å². The number of benzene rings is 2. The van der Waals surface area contributed by atoms with Gasteiger partial charge in [-0.25, -0.2) is 5.84 Å². The number of allylic oxidation sites excluding steroid dienone is 1. The molecule has 3 aromatic rings. The van der Waals surface area contributed by atoms with Crippen molar-refractivity contribution in [3.8, 4) is 5.75 Å². The van der Waals surface area contributed by atoms with E-state index in [9.17, 15) is 4.39 Å². The molecule has 1 heterocycles. The molecule has 5 nitrogen and oxygen atoms in total. The molecule has 0 aliphatic rings. The summed E-state index contributed by atoms with van der Waals surface area (Å²) in [6.45, 7) is 0.536. The Morgan fingerprint density at radius 2 is 1.96 bits per heavy atom. The van der Waals surface area contributed by atoms with Crippen LogP contribution >= 0.6 is 0 Å². The molecule has 0 radical (unpaired) electrons. The molecule has 0 spiro atoms. The maximum Gasteiger partial charge on any atom is 0.121 e. The quantitative estimate of drug-likeness (QED) is 0.433. The lowest BCUT2D eigenvalue weighted by atomic mass is 10.1. The number of aromatic amines is 1. The Hall–Kier alpha value is -2.73. The number of halogens is 1. The number of nitrogens with zero attached hydrogens (tertiary/aromatic N) is 1. The summed E-state index contributed by atoms with van der Waals surface area (Å²) < 4.78 is 17.9. The molecule has 1 aromatic heterocycles. The van der Waals surface area contributed by atoms with Crippen molar-refractivity contribution in [3.05, 3.63) is 54.4 Å². The number of nitrogens with one attached hydrogen (secondary N) is 1. The number of para-hydroxylation sites is 1. The number of hydrazine groups is 1. The molecule has 2 aromatic carbocycles. The number of fused-ring (bicyclic) bond motifs is 3. The van der Waals surface area contributed by atoms with E-state index in [0.717, 1.165) is 16.8 Å². The summed E-state index contributed by atoms with van der Waals surface area (Å²) in [6, 6.07) is 14.2. The third-order valence-electron chi connectivity index (χ3n) is 4.03. The van der Waals surface area contributed by atoms with E-state index in [1.807, 2.05) is 24.3 Å². The minimum absolute atomic E-state index is 0.377. The Morgan fingerprint density at radius 1 is 1.16 bits per heavy atom. The molecule has 0 bridgehead atoms. The van der Waals surface area contributed by atoms with Crippen LogP contribution in [0.25, 0.3) is 21.8 Å². The van der Waals surface area contributed by atoms with Gasteiger partial charge in [0.25, 0.3) is 0 Å². The fraction of sp³-hybridized carbons (Fsp3) is 0.263. The summed E-state index contributed by atoms with van der Waals surface area (Å²) in [5.74, 6) is 6.63. The Balaban J connectivity index is 1.59. The van der Waals surface area contributed by atoms with E-state index in [-0.39, 0.29) is 6.67 Å². The average molecular weight is 342 g/mol. The normalized spacial score (nSPS) is 12.0. The Kier molecular flexibility index (Phi) is 5.40. The minimum Gasteiger partial charge on any atom is -0.492 e. The van der Waals surface area contributed by atoms with Gasteiger partial charge in [-0.15, -0.1) is 0 Å².